The first-order valence-electron chi connectivity index (χ1n) is 3.94. The Morgan fingerprint density at radius 3 is 3.08 bits per heavy atom. The molecule has 0 saturated heterocycles. The first-order chi connectivity index (χ1) is 6.18. The normalized spacial score (nSPS) is 20.8. The van der Waals surface area contributed by atoms with Crippen LogP contribution in [0.15, 0.2) is 23.1 Å². The lowest BCUT2D eigenvalue weighted by Gasteiger charge is -2.21. The van der Waals surface area contributed by atoms with Crippen LogP contribution in [-0.4, -0.2) is 11.2 Å². The highest BCUT2D eigenvalue weighted by Crippen LogP contribution is 2.36. The van der Waals surface area contributed by atoms with Gasteiger partial charge in [-0.1, -0.05) is 6.07 Å². The molecule has 4 heteroatoms. The molecule has 1 aromatic rings. The summed E-state index contributed by atoms with van der Waals surface area (Å²) in [6.07, 6.45) is 0. The van der Waals surface area contributed by atoms with Crippen molar-refractivity contribution < 1.29 is 9.18 Å². The Balaban J connectivity index is 2.48. The summed E-state index contributed by atoms with van der Waals surface area (Å²) < 4.78 is 13.2. The first-order valence-corrected chi connectivity index (χ1v) is 4.82. The van der Waals surface area contributed by atoms with E-state index in [4.69, 9.17) is 0 Å². The number of rotatable bonds is 0. The summed E-state index contributed by atoms with van der Waals surface area (Å²) in [4.78, 5) is 11.8. The Bertz CT molecular complexity index is 367. The van der Waals surface area contributed by atoms with Gasteiger partial charge in [-0.3, -0.25) is 4.79 Å². The molecule has 13 heavy (non-hydrogen) atoms. The van der Waals surface area contributed by atoms with Crippen molar-refractivity contribution in [2.24, 2.45) is 0 Å². The number of thioether (sulfide) groups is 1. The first kappa shape index (κ1) is 8.56. The second-order valence-electron chi connectivity index (χ2n) is 2.87. The molecule has 1 aliphatic heterocycles. The van der Waals surface area contributed by atoms with Gasteiger partial charge < -0.3 is 5.32 Å². The lowest BCUT2D eigenvalue weighted by atomic mass is 10.3. The van der Waals surface area contributed by atoms with Crippen molar-refractivity contribution >= 4 is 23.4 Å². The number of carbonyl (C=O) groups is 1. The maximum absolute atomic E-state index is 13.2. The van der Waals surface area contributed by atoms with Gasteiger partial charge in [0.1, 0.15) is 5.82 Å². The van der Waals surface area contributed by atoms with Gasteiger partial charge in [0.15, 0.2) is 0 Å². The zero-order chi connectivity index (χ0) is 9.42. The Morgan fingerprint density at radius 1 is 1.54 bits per heavy atom. The maximum atomic E-state index is 13.2. The lowest BCUT2D eigenvalue weighted by molar-refractivity contribution is -0.115. The maximum Gasteiger partial charge on any atom is 0.237 e. The molecule has 0 radical (unpaired) electrons. The summed E-state index contributed by atoms with van der Waals surface area (Å²) in [6.45, 7) is 1.76. The predicted octanol–water partition coefficient (Wildman–Crippen LogP) is 2.26. The standard InChI is InChI=1S/C9H8FNOS/c1-5-9(12)11-7-4-2-3-6(10)8(7)13-5/h2-5H,1H3,(H,11,12). The monoisotopic (exact) mass is 197 g/mol. The van der Waals surface area contributed by atoms with Crippen LogP contribution in [0.3, 0.4) is 0 Å². The molecule has 1 N–H and O–H groups in total. The molecule has 2 nitrogen and oxygen atoms in total. The molecule has 68 valence electrons. The Labute approximate surface area is 79.5 Å². The van der Waals surface area contributed by atoms with Crippen molar-refractivity contribution in [3.05, 3.63) is 24.0 Å². The topological polar surface area (TPSA) is 29.1 Å². The Hall–Kier alpha value is -1.03. The fraction of sp³-hybridized carbons (Fsp3) is 0.222. The van der Waals surface area contributed by atoms with E-state index in [0.717, 1.165) is 0 Å². The Morgan fingerprint density at radius 2 is 2.31 bits per heavy atom. The molecule has 0 bridgehead atoms. The summed E-state index contributed by atoms with van der Waals surface area (Å²) in [5.74, 6) is -0.336. The summed E-state index contributed by atoms with van der Waals surface area (Å²) in [6, 6.07) is 4.69. The van der Waals surface area contributed by atoms with Crippen LogP contribution in [0.2, 0.25) is 0 Å². The molecule has 0 fully saturated rings. The van der Waals surface area contributed by atoms with Gasteiger partial charge in [-0.25, -0.2) is 4.39 Å². The second kappa shape index (κ2) is 3.03. The minimum atomic E-state index is -0.269. The smallest absolute Gasteiger partial charge is 0.237 e. The molecule has 2 rings (SSSR count). The Kier molecular flexibility index (Phi) is 2.00. The number of fused-ring (bicyclic) bond motifs is 1. The second-order valence-corrected chi connectivity index (χ2v) is 4.22. The summed E-state index contributed by atoms with van der Waals surface area (Å²) in [5, 5.41) is 2.43. The van der Waals surface area contributed by atoms with Crippen molar-refractivity contribution in [3.63, 3.8) is 0 Å². The zero-order valence-electron chi connectivity index (χ0n) is 7.00. The van der Waals surface area contributed by atoms with Crippen LogP contribution < -0.4 is 5.32 Å². The third kappa shape index (κ3) is 1.42. The highest BCUT2D eigenvalue weighted by atomic mass is 32.2. The molecule has 0 aromatic heterocycles. The highest BCUT2D eigenvalue weighted by molar-refractivity contribution is 8.01. The van der Waals surface area contributed by atoms with Crippen molar-refractivity contribution in [2.75, 3.05) is 5.32 Å². The van der Waals surface area contributed by atoms with Gasteiger partial charge in [-0.15, -0.1) is 11.8 Å². The van der Waals surface area contributed by atoms with Crippen LogP contribution in [0.1, 0.15) is 6.92 Å². The van der Waals surface area contributed by atoms with Crippen LogP contribution in [0.5, 0.6) is 0 Å². The number of amides is 1. The van der Waals surface area contributed by atoms with Crippen LogP contribution in [0, 0.1) is 5.82 Å². The number of hydrogen-bond acceptors (Lipinski definition) is 2. The fourth-order valence-corrected chi connectivity index (χ4v) is 2.14. The number of anilines is 1. The fourth-order valence-electron chi connectivity index (χ4n) is 1.19. The summed E-state index contributed by atoms with van der Waals surface area (Å²) in [5.41, 5.74) is 0.577. The van der Waals surface area contributed by atoms with Gasteiger partial charge in [0.25, 0.3) is 0 Å². The molecule has 1 aliphatic rings. The van der Waals surface area contributed by atoms with Crippen molar-refractivity contribution in [3.8, 4) is 0 Å². The van der Waals surface area contributed by atoms with Gasteiger partial charge in [-0.05, 0) is 19.1 Å². The SMILES string of the molecule is CC1Sc2c(F)cccc2NC1=O. The van der Waals surface area contributed by atoms with Crippen LogP contribution in [0.4, 0.5) is 10.1 Å². The van der Waals surface area contributed by atoms with E-state index >= 15 is 0 Å². The lowest BCUT2D eigenvalue weighted by Crippen LogP contribution is -2.26. The molecule has 0 aliphatic carbocycles. The molecule has 1 atom stereocenters. The average molecular weight is 197 g/mol. The van der Waals surface area contributed by atoms with E-state index in [2.05, 4.69) is 5.32 Å². The van der Waals surface area contributed by atoms with Gasteiger partial charge >= 0.3 is 0 Å². The van der Waals surface area contributed by atoms with E-state index in [0.29, 0.717) is 10.6 Å². The van der Waals surface area contributed by atoms with Crippen LogP contribution in [-0.2, 0) is 4.79 Å². The number of carbonyl (C=O) groups excluding carboxylic acids is 1. The minimum Gasteiger partial charge on any atom is -0.324 e. The quantitative estimate of drug-likeness (QED) is 0.691. The average Bonchev–Trinajstić information content (AvgIpc) is 2.09. The van der Waals surface area contributed by atoms with E-state index in [9.17, 15) is 9.18 Å². The molecule has 0 saturated carbocycles. The third-order valence-corrected chi connectivity index (χ3v) is 3.11. The number of nitrogens with one attached hydrogen (secondary N) is 1. The molecule has 1 heterocycles. The largest absolute Gasteiger partial charge is 0.324 e. The third-order valence-electron chi connectivity index (χ3n) is 1.89. The van der Waals surface area contributed by atoms with E-state index in [1.54, 1.807) is 19.1 Å². The van der Waals surface area contributed by atoms with Gasteiger partial charge in [0.2, 0.25) is 5.91 Å². The summed E-state index contributed by atoms with van der Waals surface area (Å²) >= 11 is 1.26. The van der Waals surface area contributed by atoms with Crippen molar-refractivity contribution in [1.29, 1.82) is 0 Å². The molecular weight excluding hydrogens is 189 g/mol. The van der Waals surface area contributed by atoms with Crippen LogP contribution >= 0.6 is 11.8 Å². The van der Waals surface area contributed by atoms with E-state index in [1.165, 1.54) is 17.8 Å². The minimum absolute atomic E-state index is 0.0666. The molecule has 1 amide bonds. The van der Waals surface area contributed by atoms with E-state index in [1.807, 2.05) is 0 Å². The van der Waals surface area contributed by atoms with E-state index < -0.39 is 0 Å². The number of halogens is 1. The number of benzene rings is 1. The molecule has 0 spiro atoms. The van der Waals surface area contributed by atoms with Gasteiger partial charge in [0.05, 0.1) is 15.8 Å². The van der Waals surface area contributed by atoms with Gasteiger partial charge in [0, 0.05) is 0 Å². The van der Waals surface area contributed by atoms with E-state index in [-0.39, 0.29) is 17.0 Å². The van der Waals surface area contributed by atoms with Crippen LogP contribution in [0.25, 0.3) is 0 Å². The molecule has 1 aromatic carbocycles. The number of hydrogen-bond donors (Lipinski definition) is 1. The zero-order valence-corrected chi connectivity index (χ0v) is 7.82. The van der Waals surface area contributed by atoms with Gasteiger partial charge in [-0.2, -0.15) is 0 Å². The highest BCUT2D eigenvalue weighted by Gasteiger charge is 2.24. The summed E-state index contributed by atoms with van der Waals surface area (Å²) in [7, 11) is 0. The molecule has 1 unspecified atom stereocenters. The van der Waals surface area contributed by atoms with Crippen molar-refractivity contribution in [2.45, 2.75) is 17.1 Å². The predicted molar refractivity (Wildman–Crippen MR) is 50.3 cm³/mol. The van der Waals surface area contributed by atoms with Crippen molar-refractivity contribution in [1.82, 2.24) is 0 Å². The molecular formula is C9H8FNOS.